The third kappa shape index (κ3) is 4.79. The number of benzene rings is 1. The molecule has 0 bridgehead atoms. The Bertz CT molecular complexity index is 375. The van der Waals surface area contributed by atoms with Crippen molar-refractivity contribution in [1.82, 2.24) is 10.2 Å². The lowest BCUT2D eigenvalue weighted by Gasteiger charge is -2.27. The summed E-state index contributed by atoms with van der Waals surface area (Å²) in [7, 11) is 0. The number of hydrogen-bond donors (Lipinski definition) is 1. The van der Waals surface area contributed by atoms with Gasteiger partial charge in [-0.3, -0.25) is 0 Å². The summed E-state index contributed by atoms with van der Waals surface area (Å²) < 4.78 is 0. The van der Waals surface area contributed by atoms with Gasteiger partial charge in [-0.1, -0.05) is 37.1 Å². The smallest absolute Gasteiger partial charge is 0.0409 e. The Morgan fingerprint density at radius 1 is 1.26 bits per heavy atom. The van der Waals surface area contributed by atoms with E-state index in [1.54, 1.807) is 0 Å². The van der Waals surface area contributed by atoms with E-state index in [-0.39, 0.29) is 0 Å². The fourth-order valence-corrected chi connectivity index (χ4v) is 3.00. The molecular formula is C16H25ClN2. The molecule has 0 saturated carbocycles. The lowest BCUT2D eigenvalue weighted by molar-refractivity contribution is 0.226. The van der Waals surface area contributed by atoms with E-state index >= 15 is 0 Å². The van der Waals surface area contributed by atoms with Crippen molar-refractivity contribution in [2.45, 2.75) is 38.6 Å². The van der Waals surface area contributed by atoms with Gasteiger partial charge in [0.05, 0.1) is 0 Å². The zero-order valence-corrected chi connectivity index (χ0v) is 12.6. The Labute approximate surface area is 122 Å². The minimum absolute atomic E-state index is 0.420. The third-order valence-corrected chi connectivity index (χ3v) is 4.16. The Balaban J connectivity index is 1.79. The number of likely N-dealkylation sites (tertiary alicyclic amines) is 1. The Kier molecular flexibility index (Phi) is 6.15. The number of hydrogen-bond acceptors (Lipinski definition) is 2. The molecule has 19 heavy (non-hydrogen) atoms. The van der Waals surface area contributed by atoms with Crippen molar-refractivity contribution < 1.29 is 0 Å². The molecule has 1 aliphatic heterocycles. The van der Waals surface area contributed by atoms with E-state index < -0.39 is 0 Å². The third-order valence-electron chi connectivity index (χ3n) is 3.93. The zero-order chi connectivity index (χ0) is 13.5. The highest BCUT2D eigenvalue weighted by molar-refractivity contribution is 6.30. The van der Waals surface area contributed by atoms with E-state index in [1.807, 2.05) is 12.1 Å². The molecule has 1 aliphatic rings. The Morgan fingerprint density at radius 3 is 2.74 bits per heavy atom. The van der Waals surface area contributed by atoms with E-state index in [2.05, 4.69) is 29.3 Å². The summed E-state index contributed by atoms with van der Waals surface area (Å²) in [5, 5.41) is 4.49. The molecule has 0 aliphatic carbocycles. The number of nitrogens with zero attached hydrogens (tertiary/aromatic N) is 1. The minimum atomic E-state index is 0.420. The molecule has 0 radical (unpaired) electrons. The van der Waals surface area contributed by atoms with Gasteiger partial charge >= 0.3 is 0 Å². The summed E-state index contributed by atoms with van der Waals surface area (Å²) in [4.78, 5) is 2.57. The van der Waals surface area contributed by atoms with Crippen molar-refractivity contribution in [2.24, 2.45) is 0 Å². The molecule has 1 N–H and O–H groups in total. The van der Waals surface area contributed by atoms with E-state index in [9.17, 15) is 0 Å². The first-order valence-electron chi connectivity index (χ1n) is 7.51. The molecule has 3 heteroatoms. The van der Waals surface area contributed by atoms with Crippen molar-refractivity contribution in [3.05, 3.63) is 34.9 Å². The summed E-state index contributed by atoms with van der Waals surface area (Å²) in [6.07, 6.45) is 5.24. The highest BCUT2D eigenvalue weighted by atomic mass is 35.5. The molecule has 2 rings (SSSR count). The van der Waals surface area contributed by atoms with Crippen LogP contribution in [0.5, 0.6) is 0 Å². The van der Waals surface area contributed by atoms with Crippen LogP contribution in [0.4, 0.5) is 0 Å². The van der Waals surface area contributed by atoms with Gasteiger partial charge in [0.1, 0.15) is 0 Å². The fraction of sp³-hybridized carbons (Fsp3) is 0.625. The second kappa shape index (κ2) is 7.88. The van der Waals surface area contributed by atoms with Crippen molar-refractivity contribution in [2.75, 3.05) is 26.2 Å². The van der Waals surface area contributed by atoms with Gasteiger partial charge in [0.25, 0.3) is 0 Å². The summed E-state index contributed by atoms with van der Waals surface area (Å²) in [6, 6.07) is 8.62. The average Bonchev–Trinajstić information content (AvgIpc) is 2.45. The largest absolute Gasteiger partial charge is 0.309 e. The predicted octanol–water partition coefficient (Wildman–Crippen LogP) is 3.87. The standard InChI is InChI=1S/C16H25ClN2/c1-2-16(14-7-6-8-15(17)13-14)18-9-12-19-10-4-3-5-11-19/h6-8,13,16,18H,2-5,9-12H2,1H3. The summed E-state index contributed by atoms with van der Waals surface area (Å²) in [5.41, 5.74) is 1.30. The van der Waals surface area contributed by atoms with Gasteiger partial charge in [0.2, 0.25) is 0 Å². The Morgan fingerprint density at radius 2 is 2.05 bits per heavy atom. The quantitative estimate of drug-likeness (QED) is 0.851. The SMILES string of the molecule is CCC(NCCN1CCCCC1)c1cccc(Cl)c1. The molecule has 1 atom stereocenters. The van der Waals surface area contributed by atoms with Crippen LogP contribution in [0.1, 0.15) is 44.2 Å². The zero-order valence-electron chi connectivity index (χ0n) is 11.9. The fourth-order valence-electron chi connectivity index (χ4n) is 2.80. The van der Waals surface area contributed by atoms with Crippen LogP contribution < -0.4 is 5.32 Å². The maximum Gasteiger partial charge on any atom is 0.0409 e. The normalized spacial score (nSPS) is 18.4. The van der Waals surface area contributed by atoms with Gasteiger partial charge in [0, 0.05) is 24.2 Å². The van der Waals surface area contributed by atoms with Gasteiger partial charge in [0.15, 0.2) is 0 Å². The maximum atomic E-state index is 6.07. The first kappa shape index (κ1) is 14.8. The highest BCUT2D eigenvalue weighted by Crippen LogP contribution is 2.20. The number of piperidine rings is 1. The summed E-state index contributed by atoms with van der Waals surface area (Å²) in [5.74, 6) is 0. The van der Waals surface area contributed by atoms with Gasteiger partial charge in [-0.15, -0.1) is 0 Å². The van der Waals surface area contributed by atoms with E-state index in [1.165, 1.54) is 37.9 Å². The molecule has 1 heterocycles. The van der Waals surface area contributed by atoms with Crippen molar-refractivity contribution in [3.8, 4) is 0 Å². The molecule has 0 spiro atoms. The van der Waals surface area contributed by atoms with Crippen LogP contribution in [0.15, 0.2) is 24.3 Å². The van der Waals surface area contributed by atoms with Gasteiger partial charge < -0.3 is 10.2 Å². The van der Waals surface area contributed by atoms with Gasteiger partial charge in [-0.05, 0) is 50.0 Å². The topological polar surface area (TPSA) is 15.3 Å². The summed E-state index contributed by atoms with van der Waals surface area (Å²) in [6.45, 7) is 6.99. The van der Waals surface area contributed by atoms with Crippen molar-refractivity contribution in [1.29, 1.82) is 0 Å². The maximum absolute atomic E-state index is 6.07. The average molecular weight is 281 g/mol. The van der Waals surface area contributed by atoms with Crippen LogP contribution in [0.25, 0.3) is 0 Å². The highest BCUT2D eigenvalue weighted by Gasteiger charge is 2.12. The van der Waals surface area contributed by atoms with Crippen LogP contribution in [-0.4, -0.2) is 31.1 Å². The van der Waals surface area contributed by atoms with Crippen LogP contribution in [0.3, 0.4) is 0 Å². The van der Waals surface area contributed by atoms with Crippen LogP contribution in [-0.2, 0) is 0 Å². The molecular weight excluding hydrogens is 256 g/mol. The van der Waals surface area contributed by atoms with E-state index in [0.717, 1.165) is 24.5 Å². The van der Waals surface area contributed by atoms with Crippen molar-refractivity contribution >= 4 is 11.6 Å². The molecule has 2 nitrogen and oxygen atoms in total. The second-order valence-corrected chi connectivity index (χ2v) is 5.81. The van der Waals surface area contributed by atoms with Crippen molar-refractivity contribution in [3.63, 3.8) is 0 Å². The first-order valence-corrected chi connectivity index (χ1v) is 7.88. The van der Waals surface area contributed by atoms with Crippen LogP contribution in [0, 0.1) is 0 Å². The lowest BCUT2D eigenvalue weighted by Crippen LogP contribution is -2.36. The molecule has 1 aromatic rings. The number of rotatable bonds is 6. The van der Waals surface area contributed by atoms with Crippen LogP contribution >= 0.6 is 11.6 Å². The molecule has 0 amide bonds. The predicted molar refractivity (Wildman–Crippen MR) is 82.8 cm³/mol. The number of halogens is 1. The monoisotopic (exact) mass is 280 g/mol. The lowest BCUT2D eigenvalue weighted by atomic mass is 10.0. The minimum Gasteiger partial charge on any atom is -0.309 e. The summed E-state index contributed by atoms with van der Waals surface area (Å²) >= 11 is 6.07. The molecule has 1 saturated heterocycles. The molecule has 106 valence electrons. The van der Waals surface area contributed by atoms with E-state index in [4.69, 9.17) is 11.6 Å². The molecule has 0 aromatic heterocycles. The van der Waals surface area contributed by atoms with Gasteiger partial charge in [-0.25, -0.2) is 0 Å². The Hall–Kier alpha value is -0.570. The molecule has 1 aromatic carbocycles. The van der Waals surface area contributed by atoms with E-state index in [0.29, 0.717) is 6.04 Å². The van der Waals surface area contributed by atoms with Crippen LogP contribution in [0.2, 0.25) is 5.02 Å². The molecule has 1 unspecified atom stereocenters. The first-order chi connectivity index (χ1) is 9.29. The number of nitrogens with one attached hydrogen (secondary N) is 1. The van der Waals surface area contributed by atoms with Gasteiger partial charge in [-0.2, -0.15) is 0 Å². The molecule has 1 fully saturated rings. The second-order valence-electron chi connectivity index (χ2n) is 5.37.